The van der Waals surface area contributed by atoms with Crippen LogP contribution in [0.25, 0.3) is 11.5 Å². The molecule has 0 spiro atoms. The molecule has 1 N–H and O–H groups in total. The van der Waals surface area contributed by atoms with E-state index in [0.29, 0.717) is 33.9 Å². The molecule has 27 heavy (non-hydrogen) atoms. The Morgan fingerprint density at radius 3 is 2.74 bits per heavy atom. The van der Waals surface area contributed by atoms with Crippen molar-refractivity contribution in [2.75, 3.05) is 18.2 Å². The Balaban J connectivity index is 1.53. The lowest BCUT2D eigenvalue weighted by Crippen LogP contribution is -2.14. The van der Waals surface area contributed by atoms with Crippen LogP contribution in [-0.2, 0) is 10.5 Å². The fourth-order valence-corrected chi connectivity index (χ4v) is 3.53. The van der Waals surface area contributed by atoms with Gasteiger partial charge in [0, 0.05) is 17.0 Å². The standard InChI is InChI=1S/C20H19ClN2O3S/c1-13-17(23-20(26-13)14-6-4-3-5-7-14)11-27-12-19(24)22-15-8-9-18(25-2)16(21)10-15/h3-10H,11-12H2,1-2H3,(H,22,24). The molecule has 0 unspecified atom stereocenters. The van der Waals surface area contributed by atoms with Crippen molar-refractivity contribution in [3.63, 3.8) is 0 Å². The van der Waals surface area contributed by atoms with Crippen LogP contribution >= 0.6 is 23.4 Å². The van der Waals surface area contributed by atoms with Gasteiger partial charge in [0.05, 0.1) is 23.6 Å². The van der Waals surface area contributed by atoms with Gasteiger partial charge < -0.3 is 14.5 Å². The first-order chi connectivity index (χ1) is 13.1. The van der Waals surface area contributed by atoms with E-state index in [9.17, 15) is 4.79 Å². The van der Waals surface area contributed by atoms with Crippen molar-refractivity contribution in [1.82, 2.24) is 4.98 Å². The molecule has 7 heteroatoms. The van der Waals surface area contributed by atoms with Gasteiger partial charge in [0.1, 0.15) is 11.5 Å². The second kappa shape index (κ2) is 8.97. The Hall–Kier alpha value is -2.44. The number of hydrogen-bond acceptors (Lipinski definition) is 5. The Labute approximate surface area is 167 Å². The minimum absolute atomic E-state index is 0.106. The van der Waals surface area contributed by atoms with Crippen LogP contribution in [0.4, 0.5) is 5.69 Å². The molecule has 0 fully saturated rings. The van der Waals surface area contributed by atoms with Gasteiger partial charge in [-0.2, -0.15) is 0 Å². The van der Waals surface area contributed by atoms with Crippen LogP contribution in [0.5, 0.6) is 5.75 Å². The molecule has 0 saturated heterocycles. The summed E-state index contributed by atoms with van der Waals surface area (Å²) in [6.07, 6.45) is 0. The molecule has 5 nitrogen and oxygen atoms in total. The predicted octanol–water partition coefficient (Wildman–Crippen LogP) is 5.18. The van der Waals surface area contributed by atoms with Gasteiger partial charge in [-0.25, -0.2) is 4.98 Å². The first-order valence-electron chi connectivity index (χ1n) is 8.29. The summed E-state index contributed by atoms with van der Waals surface area (Å²) in [6.45, 7) is 1.88. The summed E-state index contributed by atoms with van der Waals surface area (Å²) in [7, 11) is 1.55. The van der Waals surface area contributed by atoms with Crippen LogP contribution in [0.1, 0.15) is 11.5 Å². The Morgan fingerprint density at radius 1 is 1.26 bits per heavy atom. The van der Waals surface area contributed by atoms with Crippen LogP contribution in [0, 0.1) is 6.92 Å². The summed E-state index contributed by atoms with van der Waals surface area (Å²) < 4.78 is 10.8. The van der Waals surface area contributed by atoms with Crippen molar-refractivity contribution in [3.05, 3.63) is 65.0 Å². The predicted molar refractivity (Wildman–Crippen MR) is 109 cm³/mol. The van der Waals surface area contributed by atoms with E-state index < -0.39 is 0 Å². The minimum atomic E-state index is -0.106. The molecule has 0 saturated carbocycles. The number of aromatic nitrogens is 1. The highest BCUT2D eigenvalue weighted by Gasteiger charge is 2.12. The van der Waals surface area contributed by atoms with Crippen molar-refractivity contribution in [3.8, 4) is 17.2 Å². The van der Waals surface area contributed by atoms with Crippen LogP contribution in [0.3, 0.4) is 0 Å². The minimum Gasteiger partial charge on any atom is -0.495 e. The molecule has 2 aromatic carbocycles. The summed E-state index contributed by atoms with van der Waals surface area (Å²) >= 11 is 7.54. The van der Waals surface area contributed by atoms with E-state index in [1.54, 1.807) is 25.3 Å². The average molecular weight is 403 g/mol. The largest absolute Gasteiger partial charge is 0.495 e. The number of methoxy groups -OCH3 is 1. The number of amides is 1. The molecular formula is C20H19ClN2O3S. The molecular weight excluding hydrogens is 384 g/mol. The second-order valence-electron chi connectivity index (χ2n) is 5.78. The number of halogens is 1. The van der Waals surface area contributed by atoms with Crippen molar-refractivity contribution >= 4 is 35.0 Å². The molecule has 1 amide bonds. The van der Waals surface area contributed by atoms with E-state index in [-0.39, 0.29) is 5.91 Å². The van der Waals surface area contributed by atoms with E-state index in [1.807, 2.05) is 37.3 Å². The number of aryl methyl sites for hydroxylation is 1. The van der Waals surface area contributed by atoms with Gasteiger partial charge in [0.2, 0.25) is 11.8 Å². The van der Waals surface area contributed by atoms with Crippen molar-refractivity contribution in [2.45, 2.75) is 12.7 Å². The van der Waals surface area contributed by atoms with Crippen LogP contribution in [-0.4, -0.2) is 23.8 Å². The maximum absolute atomic E-state index is 12.1. The second-order valence-corrected chi connectivity index (χ2v) is 7.17. The molecule has 0 aliphatic heterocycles. The summed E-state index contributed by atoms with van der Waals surface area (Å²) in [5, 5.41) is 3.28. The van der Waals surface area contributed by atoms with Crippen LogP contribution in [0.2, 0.25) is 5.02 Å². The number of thioether (sulfide) groups is 1. The SMILES string of the molecule is COc1ccc(NC(=O)CSCc2nc(-c3ccccc3)oc2C)cc1Cl. The van der Waals surface area contributed by atoms with Gasteiger partial charge in [-0.1, -0.05) is 29.8 Å². The van der Waals surface area contributed by atoms with Gasteiger partial charge in [-0.3, -0.25) is 4.79 Å². The maximum Gasteiger partial charge on any atom is 0.234 e. The summed E-state index contributed by atoms with van der Waals surface area (Å²) in [5.74, 6) is 2.73. The molecule has 0 aliphatic rings. The molecule has 1 aromatic heterocycles. The van der Waals surface area contributed by atoms with Crippen molar-refractivity contribution in [1.29, 1.82) is 0 Å². The number of oxazole rings is 1. The fourth-order valence-electron chi connectivity index (χ4n) is 2.45. The van der Waals surface area contributed by atoms with E-state index in [4.69, 9.17) is 20.8 Å². The molecule has 140 valence electrons. The van der Waals surface area contributed by atoms with Crippen LogP contribution in [0.15, 0.2) is 52.9 Å². The maximum atomic E-state index is 12.1. The first kappa shape index (κ1) is 19.3. The van der Waals surface area contributed by atoms with E-state index in [1.165, 1.54) is 11.8 Å². The van der Waals surface area contributed by atoms with Crippen molar-refractivity contribution in [2.24, 2.45) is 0 Å². The normalized spacial score (nSPS) is 10.6. The van der Waals surface area contributed by atoms with Gasteiger partial charge in [-0.05, 0) is 37.3 Å². The average Bonchev–Trinajstić information content (AvgIpc) is 3.03. The number of carbonyl (C=O) groups is 1. The first-order valence-corrected chi connectivity index (χ1v) is 9.83. The number of anilines is 1. The number of benzene rings is 2. The van der Waals surface area contributed by atoms with Gasteiger partial charge in [-0.15, -0.1) is 11.8 Å². The van der Waals surface area contributed by atoms with E-state index in [2.05, 4.69) is 10.3 Å². The number of ether oxygens (including phenoxy) is 1. The molecule has 0 bridgehead atoms. The molecule has 0 atom stereocenters. The van der Waals surface area contributed by atoms with Crippen molar-refractivity contribution < 1.29 is 13.9 Å². The molecule has 0 radical (unpaired) electrons. The van der Waals surface area contributed by atoms with E-state index >= 15 is 0 Å². The number of hydrogen-bond donors (Lipinski definition) is 1. The zero-order valence-corrected chi connectivity index (χ0v) is 16.6. The highest BCUT2D eigenvalue weighted by atomic mass is 35.5. The highest BCUT2D eigenvalue weighted by molar-refractivity contribution is 7.99. The molecule has 0 aliphatic carbocycles. The van der Waals surface area contributed by atoms with Gasteiger partial charge in [0.25, 0.3) is 0 Å². The monoisotopic (exact) mass is 402 g/mol. The van der Waals surface area contributed by atoms with Crippen LogP contribution < -0.4 is 10.1 Å². The summed E-state index contributed by atoms with van der Waals surface area (Å²) in [5.41, 5.74) is 2.42. The number of rotatable bonds is 7. The smallest absolute Gasteiger partial charge is 0.234 e. The lowest BCUT2D eigenvalue weighted by atomic mass is 10.2. The lowest BCUT2D eigenvalue weighted by Gasteiger charge is -2.07. The number of carbonyl (C=O) groups excluding carboxylic acids is 1. The Morgan fingerprint density at radius 2 is 2.04 bits per heavy atom. The molecule has 3 rings (SSSR count). The molecule has 1 heterocycles. The zero-order valence-electron chi connectivity index (χ0n) is 15.0. The summed E-state index contributed by atoms with van der Waals surface area (Å²) in [6, 6.07) is 14.9. The fraction of sp³-hybridized carbons (Fsp3) is 0.200. The van der Waals surface area contributed by atoms with Gasteiger partial charge >= 0.3 is 0 Å². The number of nitrogens with zero attached hydrogens (tertiary/aromatic N) is 1. The van der Waals surface area contributed by atoms with Gasteiger partial charge in [0.15, 0.2) is 0 Å². The number of nitrogens with one attached hydrogen (secondary N) is 1. The third-order valence-corrected chi connectivity index (χ3v) is 5.06. The highest BCUT2D eigenvalue weighted by Crippen LogP contribution is 2.27. The summed E-state index contributed by atoms with van der Waals surface area (Å²) in [4.78, 5) is 16.7. The Bertz CT molecular complexity index is 928. The van der Waals surface area contributed by atoms with E-state index in [0.717, 1.165) is 17.0 Å². The molecule has 3 aromatic rings. The Kier molecular flexibility index (Phi) is 6.42. The quantitative estimate of drug-likeness (QED) is 0.589. The topological polar surface area (TPSA) is 64.4 Å². The lowest BCUT2D eigenvalue weighted by molar-refractivity contribution is -0.113. The third-order valence-electron chi connectivity index (χ3n) is 3.82. The third kappa shape index (κ3) is 5.05. The zero-order chi connectivity index (χ0) is 19.2.